The number of nitrogens with zero attached hydrogens (tertiary/aromatic N) is 3. The normalized spacial score (nSPS) is 18.7. The van der Waals surface area contributed by atoms with Gasteiger partial charge in [-0.15, -0.1) is 0 Å². The van der Waals surface area contributed by atoms with E-state index < -0.39 is 0 Å². The number of carbonyl (C=O) groups excluding carboxylic acids is 2. The van der Waals surface area contributed by atoms with E-state index in [1.165, 1.54) is 6.33 Å². The Morgan fingerprint density at radius 2 is 1.97 bits per heavy atom. The quantitative estimate of drug-likeness (QED) is 0.605. The van der Waals surface area contributed by atoms with Gasteiger partial charge in [0.25, 0.3) is 5.91 Å². The van der Waals surface area contributed by atoms with Crippen LogP contribution in [0.4, 0.5) is 17.3 Å². The highest BCUT2D eigenvalue weighted by Gasteiger charge is 2.29. The van der Waals surface area contributed by atoms with E-state index in [-0.39, 0.29) is 11.8 Å². The van der Waals surface area contributed by atoms with Gasteiger partial charge in [0, 0.05) is 44.5 Å². The zero-order valence-corrected chi connectivity index (χ0v) is 18.8. The summed E-state index contributed by atoms with van der Waals surface area (Å²) in [4.78, 5) is 35.2. The lowest BCUT2D eigenvalue weighted by Gasteiger charge is -2.18. The summed E-state index contributed by atoms with van der Waals surface area (Å²) >= 11 is 0. The third kappa shape index (κ3) is 5.16. The van der Waals surface area contributed by atoms with E-state index in [1.54, 1.807) is 25.3 Å². The first-order chi connectivity index (χ1) is 16.1. The Morgan fingerprint density at radius 1 is 1.12 bits per heavy atom. The molecule has 174 valence electrons. The number of fused-ring (bicyclic) bond motifs is 2. The number of hydrogen-bond donors (Lipinski definition) is 3. The molecule has 1 aromatic carbocycles. The summed E-state index contributed by atoms with van der Waals surface area (Å²) < 4.78 is 11.3. The largest absolute Gasteiger partial charge is 0.493 e. The van der Waals surface area contributed by atoms with E-state index in [2.05, 4.69) is 25.9 Å². The Labute approximate surface area is 192 Å². The minimum Gasteiger partial charge on any atom is -0.493 e. The number of carbonyl (C=O) groups is 2. The van der Waals surface area contributed by atoms with Crippen molar-refractivity contribution in [3.63, 3.8) is 0 Å². The summed E-state index contributed by atoms with van der Waals surface area (Å²) in [5.41, 5.74) is 1.75. The number of likely N-dealkylation sites (N-methyl/N-ethyl adjacent to an activating group) is 1. The molecule has 2 aliphatic rings. The number of nitrogens with one attached hydrogen (secondary N) is 3. The third-order valence-corrected chi connectivity index (χ3v) is 5.60. The van der Waals surface area contributed by atoms with Crippen molar-refractivity contribution in [1.82, 2.24) is 14.9 Å². The van der Waals surface area contributed by atoms with Gasteiger partial charge >= 0.3 is 0 Å². The first kappa shape index (κ1) is 22.4. The Balaban J connectivity index is 1.64. The number of aromatic nitrogens is 2. The second kappa shape index (κ2) is 10.2. The molecule has 0 saturated carbocycles. The summed E-state index contributed by atoms with van der Waals surface area (Å²) in [5.74, 6) is 2.03. The average Bonchev–Trinajstić information content (AvgIpc) is 3.14. The molecular weight excluding hydrogens is 424 g/mol. The van der Waals surface area contributed by atoms with Gasteiger partial charge in [-0.2, -0.15) is 0 Å². The molecule has 10 nitrogen and oxygen atoms in total. The molecule has 0 fully saturated rings. The van der Waals surface area contributed by atoms with E-state index in [0.717, 1.165) is 24.9 Å². The van der Waals surface area contributed by atoms with Crippen LogP contribution in [0.15, 0.2) is 30.7 Å². The van der Waals surface area contributed by atoms with Gasteiger partial charge in [-0.3, -0.25) is 9.59 Å². The lowest BCUT2D eigenvalue weighted by atomic mass is 10.1. The van der Waals surface area contributed by atoms with Crippen LogP contribution in [0, 0.1) is 0 Å². The molecule has 33 heavy (non-hydrogen) atoms. The van der Waals surface area contributed by atoms with E-state index in [0.29, 0.717) is 60.4 Å². The third-order valence-electron chi connectivity index (χ3n) is 5.60. The van der Waals surface area contributed by atoms with Crippen molar-refractivity contribution in [2.24, 2.45) is 0 Å². The SMILES string of the molecule is COc1ccc2cc1OCCCCCC(=O)N(C)CCNc1ncnc3c1/C(=C\N2)C(=O)N3. The van der Waals surface area contributed by atoms with E-state index >= 15 is 0 Å². The van der Waals surface area contributed by atoms with Crippen molar-refractivity contribution >= 4 is 34.7 Å². The smallest absolute Gasteiger partial charge is 0.259 e. The molecule has 2 bridgehead atoms. The molecular formula is C23H28N6O4. The predicted octanol–water partition coefficient (Wildman–Crippen LogP) is 2.71. The zero-order valence-electron chi connectivity index (χ0n) is 18.8. The summed E-state index contributed by atoms with van der Waals surface area (Å²) in [6.07, 6.45) is 6.06. The molecule has 0 saturated heterocycles. The van der Waals surface area contributed by atoms with Crippen LogP contribution in [-0.4, -0.2) is 60.5 Å². The van der Waals surface area contributed by atoms with Crippen molar-refractivity contribution in [1.29, 1.82) is 0 Å². The fourth-order valence-corrected chi connectivity index (χ4v) is 3.73. The van der Waals surface area contributed by atoms with Crippen LogP contribution in [0.1, 0.15) is 31.2 Å². The highest BCUT2D eigenvalue weighted by molar-refractivity contribution is 6.32. The van der Waals surface area contributed by atoms with Crippen LogP contribution in [0.3, 0.4) is 0 Å². The highest BCUT2D eigenvalue weighted by atomic mass is 16.5. The van der Waals surface area contributed by atoms with Gasteiger partial charge in [0.15, 0.2) is 11.5 Å². The molecule has 0 atom stereocenters. The summed E-state index contributed by atoms with van der Waals surface area (Å²) in [6, 6.07) is 5.49. The second-order valence-corrected chi connectivity index (χ2v) is 7.87. The van der Waals surface area contributed by atoms with Crippen LogP contribution in [0.25, 0.3) is 5.57 Å². The molecule has 0 aliphatic carbocycles. The van der Waals surface area contributed by atoms with Gasteiger partial charge in [-0.25, -0.2) is 9.97 Å². The Kier molecular flexibility index (Phi) is 6.92. The van der Waals surface area contributed by atoms with Gasteiger partial charge < -0.3 is 30.3 Å². The van der Waals surface area contributed by atoms with E-state index in [9.17, 15) is 9.59 Å². The van der Waals surface area contributed by atoms with Gasteiger partial charge in [0.05, 0.1) is 24.9 Å². The van der Waals surface area contributed by atoms with Gasteiger partial charge in [-0.05, 0) is 31.4 Å². The summed E-state index contributed by atoms with van der Waals surface area (Å²) in [6.45, 7) is 1.53. The molecule has 10 heteroatoms. The minimum atomic E-state index is -0.274. The van der Waals surface area contributed by atoms with Crippen LogP contribution >= 0.6 is 0 Å². The molecule has 0 spiro atoms. The molecule has 2 aliphatic heterocycles. The van der Waals surface area contributed by atoms with Gasteiger partial charge in [0.2, 0.25) is 5.91 Å². The number of benzene rings is 1. The number of ether oxygens (including phenoxy) is 2. The van der Waals surface area contributed by atoms with Crippen molar-refractivity contribution in [2.45, 2.75) is 25.7 Å². The number of amides is 2. The first-order valence-electron chi connectivity index (χ1n) is 11.0. The standard InChI is InChI=1S/C23H28N6O4/c1-29-10-9-24-21-20-16(23(31)28-22(20)27-14-26-21)13-25-15-7-8-17(32-2)18(12-15)33-11-5-3-4-6-19(29)30/h7-8,12-14,25H,3-6,9-11H2,1-2H3,(H2,24,26,27,28,31)/b16-13+. The van der Waals surface area contributed by atoms with E-state index in [4.69, 9.17) is 9.47 Å². The van der Waals surface area contributed by atoms with Crippen molar-refractivity contribution in [3.05, 3.63) is 36.3 Å². The average molecular weight is 453 g/mol. The topological polar surface area (TPSA) is 118 Å². The van der Waals surface area contributed by atoms with Crippen molar-refractivity contribution in [2.75, 3.05) is 49.8 Å². The maximum atomic E-state index is 12.6. The summed E-state index contributed by atoms with van der Waals surface area (Å²) in [5, 5.41) is 9.18. The van der Waals surface area contributed by atoms with Crippen LogP contribution < -0.4 is 25.4 Å². The Bertz CT molecular complexity index is 1070. The molecule has 3 N–H and O–H groups in total. The Hall–Kier alpha value is -3.82. The van der Waals surface area contributed by atoms with Crippen molar-refractivity contribution in [3.8, 4) is 11.5 Å². The number of anilines is 3. The molecule has 2 amide bonds. The molecule has 0 unspecified atom stereocenters. The van der Waals surface area contributed by atoms with Crippen LogP contribution in [-0.2, 0) is 9.59 Å². The molecule has 1 aromatic heterocycles. The lowest BCUT2D eigenvalue weighted by molar-refractivity contribution is -0.129. The monoisotopic (exact) mass is 452 g/mol. The Morgan fingerprint density at radius 3 is 2.82 bits per heavy atom. The number of methoxy groups -OCH3 is 1. The second-order valence-electron chi connectivity index (χ2n) is 7.87. The highest BCUT2D eigenvalue weighted by Crippen LogP contribution is 2.35. The number of rotatable bonds is 1. The summed E-state index contributed by atoms with van der Waals surface area (Å²) in [7, 11) is 3.38. The van der Waals surface area contributed by atoms with E-state index in [1.807, 2.05) is 18.2 Å². The minimum absolute atomic E-state index is 0.0968. The molecule has 4 rings (SSSR count). The zero-order chi connectivity index (χ0) is 23.2. The fourth-order valence-electron chi connectivity index (χ4n) is 3.73. The number of hydrogen-bond acceptors (Lipinski definition) is 8. The van der Waals surface area contributed by atoms with Crippen molar-refractivity contribution < 1.29 is 19.1 Å². The maximum Gasteiger partial charge on any atom is 0.259 e. The fraction of sp³-hybridized carbons (Fsp3) is 0.391. The van der Waals surface area contributed by atoms with Crippen LogP contribution in [0.2, 0.25) is 0 Å². The maximum absolute atomic E-state index is 12.6. The first-order valence-corrected chi connectivity index (χ1v) is 11.0. The van der Waals surface area contributed by atoms with Gasteiger partial charge in [-0.1, -0.05) is 0 Å². The predicted molar refractivity (Wildman–Crippen MR) is 125 cm³/mol. The molecule has 3 heterocycles. The molecule has 0 radical (unpaired) electrons. The van der Waals surface area contributed by atoms with Crippen LogP contribution in [0.5, 0.6) is 11.5 Å². The molecule has 2 aromatic rings. The lowest BCUT2D eigenvalue weighted by Crippen LogP contribution is -2.31. The van der Waals surface area contributed by atoms with Gasteiger partial charge in [0.1, 0.15) is 18.0 Å².